The van der Waals surface area contributed by atoms with Gasteiger partial charge in [-0.2, -0.15) is 0 Å². The number of hydrogen-bond donors (Lipinski definition) is 3. The SMILES string of the molecule is O=C(O)c1c[nH]c2cc(Cl)c(-c3ccc(C4CCCN4)cc3)cc12. The number of nitrogens with one attached hydrogen (secondary N) is 2. The smallest absolute Gasteiger partial charge is 0.337 e. The first-order chi connectivity index (χ1) is 11.6. The average Bonchev–Trinajstić information content (AvgIpc) is 3.23. The second-order valence-corrected chi connectivity index (χ2v) is 6.56. The maximum atomic E-state index is 11.3. The van der Waals surface area contributed by atoms with Crippen LogP contribution in [0.3, 0.4) is 0 Å². The predicted molar refractivity (Wildman–Crippen MR) is 95.7 cm³/mol. The van der Waals surface area contributed by atoms with E-state index in [0.29, 0.717) is 16.5 Å². The normalized spacial score (nSPS) is 17.5. The number of benzene rings is 2. The van der Waals surface area contributed by atoms with E-state index in [1.54, 1.807) is 6.07 Å². The molecule has 2 heterocycles. The predicted octanol–water partition coefficient (Wildman–Crippen LogP) is 4.61. The van der Waals surface area contributed by atoms with Gasteiger partial charge >= 0.3 is 5.97 Å². The molecule has 4 nitrogen and oxygen atoms in total. The number of carboxylic acids is 1. The molecule has 0 saturated carbocycles. The summed E-state index contributed by atoms with van der Waals surface area (Å²) in [5, 5.41) is 14.1. The maximum Gasteiger partial charge on any atom is 0.337 e. The highest BCUT2D eigenvalue weighted by Crippen LogP contribution is 2.34. The van der Waals surface area contributed by atoms with Crippen molar-refractivity contribution in [3.8, 4) is 11.1 Å². The second-order valence-electron chi connectivity index (χ2n) is 6.16. The molecule has 122 valence electrons. The number of aromatic nitrogens is 1. The Kier molecular flexibility index (Phi) is 3.79. The molecule has 5 heteroatoms. The minimum absolute atomic E-state index is 0.259. The van der Waals surface area contributed by atoms with E-state index < -0.39 is 5.97 Å². The zero-order valence-corrected chi connectivity index (χ0v) is 13.7. The van der Waals surface area contributed by atoms with Crippen molar-refractivity contribution in [1.29, 1.82) is 0 Å². The van der Waals surface area contributed by atoms with Gasteiger partial charge in [0.25, 0.3) is 0 Å². The molecular weight excluding hydrogens is 324 g/mol. The minimum Gasteiger partial charge on any atom is -0.478 e. The number of hydrogen-bond acceptors (Lipinski definition) is 2. The van der Waals surface area contributed by atoms with Gasteiger partial charge in [0.1, 0.15) is 0 Å². The molecule has 4 rings (SSSR count). The van der Waals surface area contributed by atoms with Crippen LogP contribution < -0.4 is 5.32 Å². The van der Waals surface area contributed by atoms with Crippen molar-refractivity contribution in [3.63, 3.8) is 0 Å². The lowest BCUT2D eigenvalue weighted by Crippen LogP contribution is -2.12. The van der Waals surface area contributed by atoms with E-state index in [9.17, 15) is 9.90 Å². The van der Waals surface area contributed by atoms with Crippen molar-refractivity contribution < 1.29 is 9.90 Å². The molecule has 1 aliphatic rings. The minimum atomic E-state index is -0.947. The lowest BCUT2D eigenvalue weighted by molar-refractivity contribution is 0.0699. The molecule has 1 aromatic heterocycles. The first-order valence-electron chi connectivity index (χ1n) is 8.01. The first kappa shape index (κ1) is 15.2. The zero-order valence-electron chi connectivity index (χ0n) is 13.0. The molecule has 1 aliphatic heterocycles. The lowest BCUT2D eigenvalue weighted by atomic mass is 9.98. The summed E-state index contributed by atoms with van der Waals surface area (Å²) < 4.78 is 0. The maximum absolute atomic E-state index is 11.3. The van der Waals surface area contributed by atoms with Gasteiger partial charge < -0.3 is 15.4 Å². The molecule has 24 heavy (non-hydrogen) atoms. The third-order valence-corrected chi connectivity index (χ3v) is 5.00. The Morgan fingerprint density at radius 3 is 2.67 bits per heavy atom. The van der Waals surface area contributed by atoms with Gasteiger partial charge in [0.15, 0.2) is 0 Å². The van der Waals surface area contributed by atoms with E-state index in [2.05, 4.69) is 34.6 Å². The third-order valence-electron chi connectivity index (χ3n) is 4.68. The summed E-state index contributed by atoms with van der Waals surface area (Å²) >= 11 is 6.41. The fourth-order valence-electron chi connectivity index (χ4n) is 3.41. The van der Waals surface area contributed by atoms with E-state index in [0.717, 1.165) is 29.6 Å². The summed E-state index contributed by atoms with van der Waals surface area (Å²) in [5.74, 6) is -0.947. The van der Waals surface area contributed by atoms with Gasteiger partial charge in [-0.15, -0.1) is 0 Å². The Labute approximate surface area is 144 Å². The number of H-pyrrole nitrogens is 1. The molecular formula is C19H17ClN2O2. The highest BCUT2D eigenvalue weighted by atomic mass is 35.5. The van der Waals surface area contributed by atoms with Gasteiger partial charge in [-0.25, -0.2) is 4.79 Å². The largest absolute Gasteiger partial charge is 0.478 e. The Hall–Kier alpha value is -2.30. The molecule has 1 fully saturated rings. The van der Waals surface area contributed by atoms with E-state index in [1.807, 2.05) is 6.07 Å². The number of aromatic carboxylic acids is 1. The van der Waals surface area contributed by atoms with Crippen LogP contribution in [0.5, 0.6) is 0 Å². The highest BCUT2D eigenvalue weighted by molar-refractivity contribution is 6.34. The van der Waals surface area contributed by atoms with Crippen molar-refractivity contribution >= 4 is 28.5 Å². The van der Waals surface area contributed by atoms with Crippen LogP contribution in [0.2, 0.25) is 5.02 Å². The number of carbonyl (C=O) groups is 1. The molecule has 2 aromatic carbocycles. The molecule has 0 spiro atoms. The summed E-state index contributed by atoms with van der Waals surface area (Å²) in [5.41, 5.74) is 4.10. The van der Waals surface area contributed by atoms with Crippen molar-refractivity contribution in [2.45, 2.75) is 18.9 Å². The van der Waals surface area contributed by atoms with Crippen molar-refractivity contribution in [1.82, 2.24) is 10.3 Å². The zero-order chi connectivity index (χ0) is 16.7. The van der Waals surface area contributed by atoms with Crippen LogP contribution in [0.25, 0.3) is 22.0 Å². The van der Waals surface area contributed by atoms with Crippen LogP contribution >= 0.6 is 11.6 Å². The van der Waals surface area contributed by atoms with Crippen LogP contribution in [-0.2, 0) is 0 Å². The second kappa shape index (κ2) is 5.96. The van der Waals surface area contributed by atoms with E-state index >= 15 is 0 Å². The van der Waals surface area contributed by atoms with Gasteiger partial charge in [0.2, 0.25) is 0 Å². The average molecular weight is 341 g/mol. The molecule has 1 atom stereocenters. The van der Waals surface area contributed by atoms with Gasteiger partial charge in [-0.1, -0.05) is 35.9 Å². The molecule has 3 N–H and O–H groups in total. The number of aromatic amines is 1. The molecule has 0 bridgehead atoms. The van der Waals surface area contributed by atoms with Crippen LogP contribution in [0.15, 0.2) is 42.6 Å². The summed E-state index contributed by atoms with van der Waals surface area (Å²) in [7, 11) is 0. The van der Waals surface area contributed by atoms with Crippen molar-refractivity contribution in [2.75, 3.05) is 6.54 Å². The van der Waals surface area contributed by atoms with Crippen molar-refractivity contribution in [3.05, 3.63) is 58.7 Å². The summed E-state index contributed by atoms with van der Waals surface area (Å²) in [6.45, 7) is 1.07. The van der Waals surface area contributed by atoms with E-state index in [4.69, 9.17) is 11.6 Å². The summed E-state index contributed by atoms with van der Waals surface area (Å²) in [4.78, 5) is 14.3. The number of halogens is 1. The molecule has 0 radical (unpaired) electrons. The van der Waals surface area contributed by atoms with Crippen molar-refractivity contribution in [2.24, 2.45) is 0 Å². The molecule has 1 saturated heterocycles. The monoisotopic (exact) mass is 340 g/mol. The van der Waals surface area contributed by atoms with Crippen LogP contribution in [-0.4, -0.2) is 22.6 Å². The van der Waals surface area contributed by atoms with Gasteiger partial charge in [0.05, 0.1) is 10.6 Å². The lowest BCUT2D eigenvalue weighted by Gasteiger charge is -2.12. The van der Waals surface area contributed by atoms with Gasteiger partial charge in [-0.3, -0.25) is 0 Å². The van der Waals surface area contributed by atoms with Crippen LogP contribution in [0.4, 0.5) is 0 Å². The Bertz CT molecular complexity index is 909. The Morgan fingerprint density at radius 2 is 2.00 bits per heavy atom. The first-order valence-corrected chi connectivity index (χ1v) is 8.39. The van der Waals surface area contributed by atoms with Gasteiger partial charge in [-0.05, 0) is 42.6 Å². The number of fused-ring (bicyclic) bond motifs is 1. The van der Waals surface area contributed by atoms with E-state index in [-0.39, 0.29) is 5.56 Å². The fraction of sp³-hybridized carbons (Fsp3) is 0.211. The molecule has 3 aromatic rings. The Balaban J connectivity index is 1.76. The molecule has 1 unspecified atom stereocenters. The van der Waals surface area contributed by atoms with Crippen LogP contribution in [0.1, 0.15) is 34.8 Å². The molecule has 0 amide bonds. The number of rotatable bonds is 3. The van der Waals surface area contributed by atoms with Gasteiger partial charge in [0, 0.05) is 28.7 Å². The van der Waals surface area contributed by atoms with E-state index in [1.165, 1.54) is 18.2 Å². The summed E-state index contributed by atoms with van der Waals surface area (Å²) in [6.07, 6.45) is 3.87. The van der Waals surface area contributed by atoms with Crippen LogP contribution in [0, 0.1) is 0 Å². The highest BCUT2D eigenvalue weighted by Gasteiger charge is 2.17. The standard InChI is InChI=1S/C19H17ClN2O2/c20-16-9-18-14(15(10-22-18)19(23)24)8-13(16)11-3-5-12(6-4-11)17-2-1-7-21-17/h3-6,8-10,17,21-22H,1-2,7H2,(H,23,24). The number of carboxylic acid groups (broad SMARTS) is 1. The Morgan fingerprint density at radius 1 is 1.21 bits per heavy atom. The topological polar surface area (TPSA) is 65.1 Å². The molecule has 0 aliphatic carbocycles. The quantitative estimate of drug-likeness (QED) is 0.652. The summed E-state index contributed by atoms with van der Waals surface area (Å²) in [6, 6.07) is 12.4. The fourth-order valence-corrected chi connectivity index (χ4v) is 3.68. The third kappa shape index (κ3) is 2.58.